The zero-order valence-electron chi connectivity index (χ0n) is 16.1. The van der Waals surface area contributed by atoms with Gasteiger partial charge in [0, 0.05) is 25.0 Å². The van der Waals surface area contributed by atoms with Crippen LogP contribution in [0.15, 0.2) is 30.5 Å². The second-order valence-electron chi connectivity index (χ2n) is 7.61. The van der Waals surface area contributed by atoms with Crippen LogP contribution in [0, 0.1) is 29.0 Å². The molecule has 3 rings (SSSR count). The summed E-state index contributed by atoms with van der Waals surface area (Å²) in [6.45, 7) is 6.83. The van der Waals surface area contributed by atoms with E-state index in [-0.39, 0.29) is 23.3 Å². The molecule has 0 radical (unpaired) electrons. The van der Waals surface area contributed by atoms with E-state index in [0.29, 0.717) is 24.0 Å². The number of nitriles is 1. The minimum absolute atomic E-state index is 0.167. The van der Waals surface area contributed by atoms with E-state index in [0.717, 1.165) is 19.5 Å². The number of nitrogens with zero attached hydrogens (tertiary/aromatic N) is 4. The summed E-state index contributed by atoms with van der Waals surface area (Å²) < 4.78 is 14.8. The van der Waals surface area contributed by atoms with Crippen molar-refractivity contribution in [3.63, 3.8) is 0 Å². The van der Waals surface area contributed by atoms with Crippen molar-refractivity contribution >= 4 is 17.4 Å². The lowest BCUT2D eigenvalue weighted by Gasteiger charge is -2.36. The van der Waals surface area contributed by atoms with Crippen LogP contribution >= 0.6 is 0 Å². The molecule has 1 aromatic carbocycles. The monoisotopic (exact) mass is 384 g/mol. The number of hydrogen-bond acceptors (Lipinski definition) is 5. The van der Waals surface area contributed by atoms with Crippen molar-refractivity contribution in [3.8, 4) is 6.07 Å². The quantitative estimate of drug-likeness (QED) is 0.798. The van der Waals surface area contributed by atoms with Gasteiger partial charge in [0.05, 0.1) is 18.0 Å². The number of primary amides is 1. The number of piperidine rings is 1. The van der Waals surface area contributed by atoms with Crippen molar-refractivity contribution in [2.24, 2.45) is 17.6 Å². The summed E-state index contributed by atoms with van der Waals surface area (Å²) in [5.74, 6) is -0.331. The topological polar surface area (TPSA) is 100.0 Å². The highest BCUT2D eigenvalue weighted by Crippen LogP contribution is 2.30. The Kier molecular flexibility index (Phi) is 5.95. The van der Waals surface area contributed by atoms with E-state index >= 15 is 0 Å². The molecule has 0 saturated carbocycles. The molecule has 7 nitrogen and oxygen atoms in total. The van der Waals surface area contributed by atoms with Crippen molar-refractivity contribution < 1.29 is 9.18 Å². The first kappa shape index (κ1) is 19.8. The highest BCUT2D eigenvalue weighted by molar-refractivity contribution is 5.98. The van der Waals surface area contributed by atoms with Crippen molar-refractivity contribution in [1.29, 1.82) is 5.26 Å². The summed E-state index contributed by atoms with van der Waals surface area (Å²) in [7, 11) is 0. The van der Waals surface area contributed by atoms with Crippen LogP contribution in [0.4, 0.5) is 15.9 Å². The molecule has 28 heavy (non-hydrogen) atoms. The van der Waals surface area contributed by atoms with Gasteiger partial charge in [0.1, 0.15) is 11.4 Å². The van der Waals surface area contributed by atoms with Crippen LogP contribution in [0.25, 0.3) is 0 Å². The van der Waals surface area contributed by atoms with Gasteiger partial charge in [0.25, 0.3) is 5.91 Å². The van der Waals surface area contributed by atoms with Crippen LogP contribution in [0.3, 0.4) is 0 Å². The lowest BCUT2D eigenvalue weighted by molar-refractivity contribution is 0.1000. The molecule has 2 aromatic rings. The van der Waals surface area contributed by atoms with Gasteiger partial charge < -0.3 is 16.0 Å². The average Bonchev–Trinajstić information content (AvgIpc) is 3.07. The molecule has 2 unspecified atom stereocenters. The Morgan fingerprint density at radius 2 is 2.14 bits per heavy atom. The first-order chi connectivity index (χ1) is 13.4. The zero-order valence-corrected chi connectivity index (χ0v) is 16.1. The maximum absolute atomic E-state index is 13.1. The molecule has 8 heteroatoms. The molecule has 1 saturated heterocycles. The van der Waals surface area contributed by atoms with Gasteiger partial charge >= 0.3 is 0 Å². The van der Waals surface area contributed by atoms with Crippen LogP contribution < -0.4 is 11.1 Å². The number of rotatable bonds is 6. The third-order valence-corrected chi connectivity index (χ3v) is 4.90. The van der Waals surface area contributed by atoms with E-state index in [1.807, 2.05) is 0 Å². The molecule has 2 heterocycles. The van der Waals surface area contributed by atoms with Gasteiger partial charge in [0.15, 0.2) is 5.82 Å². The van der Waals surface area contributed by atoms with Gasteiger partial charge in [-0.3, -0.25) is 9.48 Å². The highest BCUT2D eigenvalue weighted by Gasteiger charge is 2.32. The zero-order chi connectivity index (χ0) is 20.3. The third kappa shape index (κ3) is 4.49. The Morgan fingerprint density at radius 3 is 2.75 bits per heavy atom. The van der Waals surface area contributed by atoms with E-state index in [2.05, 4.69) is 35.2 Å². The largest absolute Gasteiger partial charge is 0.365 e. The van der Waals surface area contributed by atoms with E-state index in [9.17, 15) is 14.4 Å². The van der Waals surface area contributed by atoms with Crippen LogP contribution in [0.2, 0.25) is 0 Å². The summed E-state index contributed by atoms with van der Waals surface area (Å²) in [6, 6.07) is 7.96. The molecule has 0 spiro atoms. The van der Waals surface area contributed by atoms with Gasteiger partial charge in [-0.25, -0.2) is 4.39 Å². The number of nitrogens with one attached hydrogen (secondary N) is 1. The smallest absolute Gasteiger partial charge is 0.254 e. The molecular weight excluding hydrogens is 359 g/mol. The van der Waals surface area contributed by atoms with Crippen LogP contribution in [-0.2, 0) is 0 Å². The number of halogens is 1. The Morgan fingerprint density at radius 1 is 1.43 bits per heavy atom. The molecule has 1 aromatic heterocycles. The average molecular weight is 384 g/mol. The van der Waals surface area contributed by atoms with Crippen molar-refractivity contribution in [3.05, 3.63) is 41.8 Å². The Hall–Kier alpha value is -2.92. The SMILES string of the molecule is CC(C)CN1CCC(C#N)C(n2cc(C(N)=O)c(Nc3ccc(F)cc3)n2)C1. The van der Waals surface area contributed by atoms with E-state index in [1.165, 1.54) is 12.1 Å². The number of amides is 1. The number of anilines is 2. The van der Waals surface area contributed by atoms with Crippen LogP contribution in [0.1, 0.15) is 36.7 Å². The summed E-state index contributed by atoms with van der Waals surface area (Å²) in [4.78, 5) is 14.2. The summed E-state index contributed by atoms with van der Waals surface area (Å²) in [5.41, 5.74) is 6.36. The lowest BCUT2D eigenvalue weighted by Crippen LogP contribution is -2.42. The number of hydrogen-bond donors (Lipinski definition) is 2. The molecule has 1 aliphatic heterocycles. The normalized spacial score (nSPS) is 20.1. The molecular formula is C20H25FN6O. The lowest BCUT2D eigenvalue weighted by atomic mass is 9.92. The first-order valence-corrected chi connectivity index (χ1v) is 9.41. The summed E-state index contributed by atoms with van der Waals surface area (Å²) >= 11 is 0. The summed E-state index contributed by atoms with van der Waals surface area (Å²) in [5, 5.41) is 17.1. The van der Waals surface area contributed by atoms with Gasteiger partial charge in [-0.2, -0.15) is 10.4 Å². The van der Waals surface area contributed by atoms with E-state index in [1.54, 1.807) is 23.0 Å². The maximum Gasteiger partial charge on any atom is 0.254 e. The van der Waals surface area contributed by atoms with E-state index < -0.39 is 5.91 Å². The molecule has 0 bridgehead atoms. The standard InChI is InChI=1S/C20H25FN6O/c1-13(2)10-26-8-7-14(9-22)18(12-26)27-11-17(19(23)28)20(25-27)24-16-5-3-15(21)4-6-16/h3-6,11,13-14,18H,7-8,10,12H2,1-2H3,(H2,23,28)(H,24,25). The third-order valence-electron chi connectivity index (χ3n) is 4.90. The fraction of sp³-hybridized carbons (Fsp3) is 0.450. The molecule has 148 valence electrons. The van der Waals surface area contributed by atoms with Crippen LogP contribution in [-0.4, -0.2) is 40.2 Å². The minimum Gasteiger partial charge on any atom is -0.365 e. The molecule has 3 N–H and O–H groups in total. The number of carbonyl (C=O) groups excluding carboxylic acids is 1. The molecule has 1 fully saturated rings. The fourth-order valence-electron chi connectivity index (χ4n) is 3.60. The number of likely N-dealkylation sites (tertiary alicyclic amines) is 1. The van der Waals surface area contributed by atoms with Gasteiger partial charge in [-0.05, 0) is 43.1 Å². The molecule has 2 atom stereocenters. The molecule has 1 aliphatic rings. The van der Waals surface area contributed by atoms with Gasteiger partial charge in [0.2, 0.25) is 0 Å². The van der Waals surface area contributed by atoms with Crippen molar-refractivity contribution in [1.82, 2.24) is 14.7 Å². The number of carbonyl (C=O) groups is 1. The van der Waals surface area contributed by atoms with Gasteiger partial charge in [-0.15, -0.1) is 0 Å². The highest BCUT2D eigenvalue weighted by atomic mass is 19.1. The predicted molar refractivity (Wildman–Crippen MR) is 104 cm³/mol. The summed E-state index contributed by atoms with van der Waals surface area (Å²) in [6.07, 6.45) is 2.35. The number of nitrogens with two attached hydrogens (primary N) is 1. The van der Waals surface area contributed by atoms with Crippen LogP contribution in [0.5, 0.6) is 0 Å². The second-order valence-corrected chi connectivity index (χ2v) is 7.61. The Labute approximate surface area is 163 Å². The Bertz CT molecular complexity index is 870. The second kappa shape index (κ2) is 8.40. The van der Waals surface area contributed by atoms with Crippen molar-refractivity contribution in [2.75, 3.05) is 25.0 Å². The minimum atomic E-state index is -0.612. The first-order valence-electron chi connectivity index (χ1n) is 9.41. The number of aromatic nitrogens is 2. The van der Waals surface area contributed by atoms with Crippen molar-refractivity contribution in [2.45, 2.75) is 26.3 Å². The maximum atomic E-state index is 13.1. The fourth-order valence-corrected chi connectivity index (χ4v) is 3.60. The Balaban J connectivity index is 1.88. The number of benzene rings is 1. The van der Waals surface area contributed by atoms with Gasteiger partial charge in [-0.1, -0.05) is 13.8 Å². The van der Waals surface area contributed by atoms with E-state index in [4.69, 9.17) is 5.73 Å². The predicted octanol–water partition coefficient (Wildman–Crippen LogP) is 2.91. The molecule has 1 amide bonds. The molecule has 0 aliphatic carbocycles.